The van der Waals surface area contributed by atoms with Gasteiger partial charge in [0.2, 0.25) is 5.91 Å². The molecule has 1 amide bonds. The summed E-state index contributed by atoms with van der Waals surface area (Å²) in [4.78, 5) is 35.4. The maximum absolute atomic E-state index is 12.9. The Morgan fingerprint density at radius 1 is 1.13 bits per heavy atom. The smallest absolute Gasteiger partial charge is 0.266 e. The molecule has 9 heteroatoms. The highest BCUT2D eigenvalue weighted by Crippen LogP contribution is 2.27. The van der Waals surface area contributed by atoms with Crippen LogP contribution in [0.1, 0.15) is 6.92 Å². The first-order valence-corrected chi connectivity index (χ1v) is 10.7. The highest BCUT2D eigenvalue weighted by molar-refractivity contribution is 7.99. The van der Waals surface area contributed by atoms with Crippen LogP contribution in [-0.2, 0) is 4.79 Å². The van der Waals surface area contributed by atoms with Gasteiger partial charge in [-0.05, 0) is 31.2 Å². The molecule has 152 valence electrons. The molecule has 0 aliphatic carbocycles. The predicted octanol–water partition coefficient (Wildman–Crippen LogP) is 3.88. The lowest BCUT2D eigenvalue weighted by Crippen LogP contribution is -2.32. The van der Waals surface area contributed by atoms with Crippen molar-refractivity contribution in [1.82, 2.24) is 19.6 Å². The number of hydrogen-bond acceptors (Lipinski definition) is 5. The highest BCUT2D eigenvalue weighted by Gasteiger charge is 2.18. The molecule has 0 spiro atoms. The monoisotopic (exact) mass is 439 g/mol. The summed E-state index contributed by atoms with van der Waals surface area (Å²) in [5.41, 5.74) is 1.61. The zero-order valence-corrected chi connectivity index (χ0v) is 17.7. The molecule has 30 heavy (non-hydrogen) atoms. The highest BCUT2D eigenvalue weighted by atomic mass is 35.5. The number of rotatable bonds is 6. The summed E-state index contributed by atoms with van der Waals surface area (Å²) in [6.07, 6.45) is 0. The largest absolute Gasteiger partial charge is 0.312 e. The Bertz CT molecular complexity index is 1260. The Kier molecular flexibility index (Phi) is 5.87. The van der Waals surface area contributed by atoms with Gasteiger partial charge in [-0.1, -0.05) is 53.7 Å². The van der Waals surface area contributed by atoms with Crippen LogP contribution in [0.4, 0.5) is 5.69 Å². The molecule has 2 heterocycles. The first kappa shape index (κ1) is 20.2. The molecule has 0 fully saturated rings. The number of para-hydroxylation sites is 1. The number of carbonyl (C=O) groups excluding carboxylic acids is 1. The molecule has 2 aromatic heterocycles. The zero-order valence-electron chi connectivity index (χ0n) is 16.1. The number of aromatic nitrogens is 4. The number of halogens is 1. The molecule has 1 N–H and O–H groups in total. The van der Waals surface area contributed by atoms with Crippen LogP contribution in [0.15, 0.2) is 70.6 Å². The predicted molar refractivity (Wildman–Crippen MR) is 119 cm³/mol. The van der Waals surface area contributed by atoms with Gasteiger partial charge in [-0.15, -0.1) is 0 Å². The van der Waals surface area contributed by atoms with Crippen LogP contribution in [0.5, 0.6) is 0 Å². The molecule has 0 saturated heterocycles. The lowest BCUT2D eigenvalue weighted by molar-refractivity contribution is -0.116. The average molecular weight is 440 g/mol. The second kappa shape index (κ2) is 8.73. The van der Waals surface area contributed by atoms with E-state index in [9.17, 15) is 9.59 Å². The molecule has 0 aliphatic heterocycles. The number of H-pyrrole nitrogens is 1. The fourth-order valence-electron chi connectivity index (χ4n) is 3.06. The van der Waals surface area contributed by atoms with Gasteiger partial charge in [0.1, 0.15) is 0 Å². The van der Waals surface area contributed by atoms with Gasteiger partial charge in [0.05, 0.1) is 10.8 Å². The van der Waals surface area contributed by atoms with E-state index in [-0.39, 0.29) is 17.2 Å². The van der Waals surface area contributed by atoms with Crippen molar-refractivity contribution in [3.63, 3.8) is 0 Å². The van der Waals surface area contributed by atoms with E-state index in [0.29, 0.717) is 33.8 Å². The van der Waals surface area contributed by atoms with Crippen LogP contribution in [0.2, 0.25) is 5.02 Å². The quantitative estimate of drug-likeness (QED) is 0.461. The van der Waals surface area contributed by atoms with Crippen molar-refractivity contribution < 1.29 is 4.79 Å². The Labute approximate surface area is 181 Å². The van der Waals surface area contributed by atoms with Crippen molar-refractivity contribution in [1.29, 1.82) is 0 Å². The minimum Gasteiger partial charge on any atom is -0.312 e. The lowest BCUT2D eigenvalue weighted by Gasteiger charge is -2.20. The first-order valence-electron chi connectivity index (χ1n) is 9.29. The normalized spacial score (nSPS) is 11.0. The molecule has 0 bridgehead atoms. The van der Waals surface area contributed by atoms with E-state index in [1.54, 1.807) is 11.0 Å². The molecular formula is C21H18ClN5O2S. The lowest BCUT2D eigenvalue weighted by atomic mass is 10.2. The van der Waals surface area contributed by atoms with Gasteiger partial charge in [0.15, 0.2) is 16.6 Å². The Balaban J connectivity index is 1.66. The molecular weight excluding hydrogens is 422 g/mol. The van der Waals surface area contributed by atoms with Crippen LogP contribution in [0.3, 0.4) is 0 Å². The Morgan fingerprint density at radius 2 is 1.87 bits per heavy atom. The molecule has 0 radical (unpaired) electrons. The van der Waals surface area contributed by atoms with Gasteiger partial charge >= 0.3 is 0 Å². The minimum absolute atomic E-state index is 0.0609. The molecule has 4 aromatic rings. The number of benzene rings is 2. The Hall–Kier alpha value is -3.10. The number of nitrogens with one attached hydrogen (secondary N) is 1. The van der Waals surface area contributed by atoms with Crippen molar-refractivity contribution in [2.75, 3.05) is 17.2 Å². The van der Waals surface area contributed by atoms with Crippen molar-refractivity contribution >= 4 is 40.6 Å². The van der Waals surface area contributed by atoms with E-state index < -0.39 is 0 Å². The first-order chi connectivity index (χ1) is 14.6. The fraction of sp³-hybridized carbons (Fsp3) is 0.143. The summed E-state index contributed by atoms with van der Waals surface area (Å²) in [5, 5.41) is 3.64. The topological polar surface area (TPSA) is 83.4 Å². The van der Waals surface area contributed by atoms with Crippen molar-refractivity contribution in [2.45, 2.75) is 12.1 Å². The average Bonchev–Trinajstić information content (AvgIpc) is 3.14. The second-order valence-corrected chi connectivity index (χ2v) is 7.74. The van der Waals surface area contributed by atoms with Crippen molar-refractivity contribution in [3.05, 3.63) is 76.0 Å². The van der Waals surface area contributed by atoms with Crippen LogP contribution in [0, 0.1) is 0 Å². The summed E-state index contributed by atoms with van der Waals surface area (Å²) < 4.78 is 1.49. The van der Waals surface area contributed by atoms with E-state index in [1.165, 1.54) is 22.3 Å². The molecule has 7 nitrogen and oxygen atoms in total. The Morgan fingerprint density at radius 3 is 2.60 bits per heavy atom. The second-order valence-electron chi connectivity index (χ2n) is 6.39. The van der Waals surface area contributed by atoms with E-state index >= 15 is 0 Å². The number of amides is 1. The molecule has 0 saturated carbocycles. The maximum atomic E-state index is 12.9. The number of aromatic amines is 1. The van der Waals surface area contributed by atoms with E-state index in [0.717, 1.165) is 5.69 Å². The van der Waals surface area contributed by atoms with E-state index in [1.807, 2.05) is 55.5 Å². The molecule has 0 unspecified atom stereocenters. The minimum atomic E-state index is -0.298. The van der Waals surface area contributed by atoms with Gasteiger partial charge in [0, 0.05) is 23.9 Å². The van der Waals surface area contributed by atoms with Crippen molar-refractivity contribution in [3.8, 4) is 11.4 Å². The molecule has 2 aromatic carbocycles. The van der Waals surface area contributed by atoms with Crippen LogP contribution < -0.4 is 10.5 Å². The van der Waals surface area contributed by atoms with E-state index in [2.05, 4.69) is 15.1 Å². The number of hydrogen-bond donors (Lipinski definition) is 1. The standard InChI is InChI=1S/C21H18ClN5O2S/c1-2-26(14-8-4-3-5-9-14)19(29)13-30-21-24-20(15-10-6-7-11-16(15)22)23-17-12-18(28)25-27(17)21/h3-12H,2,13H2,1H3,(H,25,28). The molecule has 4 rings (SSSR count). The zero-order chi connectivity index (χ0) is 21.1. The van der Waals surface area contributed by atoms with Crippen molar-refractivity contribution in [2.24, 2.45) is 0 Å². The molecule has 0 aliphatic rings. The fourth-order valence-corrected chi connectivity index (χ4v) is 4.11. The third-order valence-electron chi connectivity index (χ3n) is 4.45. The van der Waals surface area contributed by atoms with Gasteiger partial charge < -0.3 is 4.90 Å². The third-order valence-corrected chi connectivity index (χ3v) is 5.70. The summed E-state index contributed by atoms with van der Waals surface area (Å²) in [5.74, 6) is 0.482. The van der Waals surface area contributed by atoms with E-state index in [4.69, 9.17) is 11.6 Å². The van der Waals surface area contributed by atoms with Crippen LogP contribution in [-0.4, -0.2) is 37.8 Å². The SMILES string of the molecule is CCN(C(=O)CSc1nc(-c2ccccc2Cl)nc2cc(=O)[nH]n12)c1ccccc1. The molecule has 0 atom stereocenters. The van der Waals surface area contributed by atoms with Crippen LogP contribution >= 0.6 is 23.4 Å². The maximum Gasteiger partial charge on any atom is 0.266 e. The van der Waals surface area contributed by atoms with Gasteiger partial charge in [-0.2, -0.15) is 0 Å². The summed E-state index contributed by atoms with van der Waals surface area (Å²) in [6.45, 7) is 2.48. The van der Waals surface area contributed by atoms with Gasteiger partial charge in [-0.3, -0.25) is 14.7 Å². The number of thioether (sulfide) groups is 1. The van der Waals surface area contributed by atoms with Crippen LogP contribution in [0.25, 0.3) is 17.0 Å². The van der Waals surface area contributed by atoms with Gasteiger partial charge in [-0.25, -0.2) is 14.5 Å². The number of nitrogens with zero attached hydrogens (tertiary/aromatic N) is 4. The summed E-state index contributed by atoms with van der Waals surface area (Å²) in [6, 6.07) is 18.1. The number of anilines is 1. The third kappa shape index (κ3) is 4.10. The number of carbonyl (C=O) groups is 1. The van der Waals surface area contributed by atoms with Gasteiger partial charge in [0.25, 0.3) is 5.56 Å². The number of fused-ring (bicyclic) bond motifs is 1. The summed E-state index contributed by atoms with van der Waals surface area (Å²) >= 11 is 7.53. The summed E-state index contributed by atoms with van der Waals surface area (Å²) in [7, 11) is 0.